The summed E-state index contributed by atoms with van der Waals surface area (Å²) < 4.78 is 34.1. The number of anilines is 1. The molecule has 0 saturated carbocycles. The first kappa shape index (κ1) is 35.2. The zero-order valence-electron chi connectivity index (χ0n) is 28.9. The number of rotatable bonds is 6. The van der Waals surface area contributed by atoms with Crippen LogP contribution in [0.5, 0.6) is 0 Å². The Labute approximate surface area is 295 Å². The van der Waals surface area contributed by atoms with Crippen LogP contribution in [0.2, 0.25) is 5.02 Å². The van der Waals surface area contributed by atoms with E-state index in [9.17, 15) is 18.8 Å². The van der Waals surface area contributed by atoms with E-state index >= 15 is 0 Å². The first-order valence-electron chi connectivity index (χ1n) is 16.2. The van der Waals surface area contributed by atoms with Gasteiger partial charge in [0.2, 0.25) is 0 Å². The van der Waals surface area contributed by atoms with Crippen molar-refractivity contribution in [1.29, 1.82) is 0 Å². The molecule has 1 fully saturated rings. The zero-order chi connectivity index (χ0) is 36.2. The fourth-order valence-electron chi connectivity index (χ4n) is 5.92. The van der Waals surface area contributed by atoms with Gasteiger partial charge in [-0.3, -0.25) is 9.59 Å². The average Bonchev–Trinajstić information content (AvgIpc) is 3.62. The normalized spacial score (nSPS) is 18.1. The molecule has 6 rings (SSSR count). The monoisotopic (exact) mass is 701 g/mol. The molecule has 4 aromatic rings. The van der Waals surface area contributed by atoms with Crippen LogP contribution in [0.1, 0.15) is 86.5 Å². The summed E-state index contributed by atoms with van der Waals surface area (Å²) in [5.41, 5.74) is 1.01. The SMILES string of the molecule is CC(C)(C)OC(=O)c1ccc(NC(=O)C2c3cccc(B4OC(C)(C)C(C)(C)O4)c3CCN2C(=O)c2cn(-c3cccc(Cl)c3F)nn2)cc1. The first-order valence-corrected chi connectivity index (χ1v) is 16.6. The first-order chi connectivity index (χ1) is 23.5. The molecular weight excluding hydrogens is 664 g/mol. The molecule has 3 aromatic carbocycles. The van der Waals surface area contributed by atoms with Gasteiger partial charge < -0.3 is 24.3 Å². The Bertz CT molecular complexity index is 1960. The molecular formula is C36H38BClFN5O6. The van der Waals surface area contributed by atoms with Gasteiger partial charge in [0, 0.05) is 12.2 Å². The van der Waals surface area contributed by atoms with Crippen molar-refractivity contribution in [2.24, 2.45) is 0 Å². The summed E-state index contributed by atoms with van der Waals surface area (Å²) in [6.45, 7) is 13.4. The molecule has 0 bridgehead atoms. The van der Waals surface area contributed by atoms with E-state index in [1.54, 1.807) is 63.2 Å². The lowest BCUT2D eigenvalue weighted by Gasteiger charge is -2.37. The van der Waals surface area contributed by atoms with Crippen LogP contribution < -0.4 is 10.8 Å². The second-order valence-electron chi connectivity index (χ2n) is 14.3. The highest BCUT2D eigenvalue weighted by molar-refractivity contribution is 6.62. The van der Waals surface area contributed by atoms with Crippen molar-refractivity contribution < 1.29 is 32.8 Å². The van der Waals surface area contributed by atoms with E-state index in [4.69, 9.17) is 25.6 Å². The van der Waals surface area contributed by atoms with E-state index in [2.05, 4.69) is 15.6 Å². The van der Waals surface area contributed by atoms with E-state index in [0.717, 1.165) is 15.7 Å². The maximum atomic E-state index is 14.8. The lowest BCUT2D eigenvalue weighted by Crippen LogP contribution is -2.48. The number of nitrogens with one attached hydrogen (secondary N) is 1. The Hall–Kier alpha value is -4.59. The van der Waals surface area contributed by atoms with Crippen LogP contribution in [0.4, 0.5) is 10.1 Å². The number of fused-ring (bicyclic) bond motifs is 1. The van der Waals surface area contributed by atoms with Gasteiger partial charge in [-0.2, -0.15) is 0 Å². The van der Waals surface area contributed by atoms with Gasteiger partial charge in [0.15, 0.2) is 11.5 Å². The minimum absolute atomic E-state index is 0.0178. The highest BCUT2D eigenvalue weighted by atomic mass is 35.5. The van der Waals surface area contributed by atoms with E-state index in [-0.39, 0.29) is 22.9 Å². The number of nitrogens with zero attached hydrogens (tertiary/aromatic N) is 4. The smallest absolute Gasteiger partial charge is 0.456 e. The predicted octanol–water partition coefficient (Wildman–Crippen LogP) is 5.69. The van der Waals surface area contributed by atoms with E-state index in [1.165, 1.54) is 23.2 Å². The minimum atomic E-state index is -1.10. The lowest BCUT2D eigenvalue weighted by atomic mass is 9.72. The number of esters is 1. The van der Waals surface area contributed by atoms with Crippen molar-refractivity contribution >= 4 is 47.7 Å². The third-order valence-electron chi connectivity index (χ3n) is 9.15. The van der Waals surface area contributed by atoms with Crippen molar-refractivity contribution in [3.05, 3.63) is 100 Å². The molecule has 1 saturated heterocycles. The van der Waals surface area contributed by atoms with Crippen molar-refractivity contribution in [2.45, 2.75) is 77.7 Å². The number of benzene rings is 3. The van der Waals surface area contributed by atoms with Gasteiger partial charge in [-0.25, -0.2) is 13.9 Å². The van der Waals surface area contributed by atoms with Crippen molar-refractivity contribution in [3.8, 4) is 5.69 Å². The summed E-state index contributed by atoms with van der Waals surface area (Å²) in [4.78, 5) is 42.4. The van der Waals surface area contributed by atoms with Gasteiger partial charge in [0.05, 0.1) is 28.0 Å². The van der Waals surface area contributed by atoms with Crippen molar-refractivity contribution in [2.75, 3.05) is 11.9 Å². The summed E-state index contributed by atoms with van der Waals surface area (Å²) in [7, 11) is -0.686. The fraction of sp³-hybridized carbons (Fsp3) is 0.361. The van der Waals surface area contributed by atoms with Crippen LogP contribution in [0.3, 0.4) is 0 Å². The lowest BCUT2D eigenvalue weighted by molar-refractivity contribution is -0.121. The Morgan fingerprint density at radius 1 is 1.00 bits per heavy atom. The molecule has 1 N–H and O–H groups in total. The Morgan fingerprint density at radius 3 is 2.32 bits per heavy atom. The Kier molecular flexibility index (Phi) is 9.13. The highest BCUT2D eigenvalue weighted by Gasteiger charge is 2.53. The van der Waals surface area contributed by atoms with Crippen LogP contribution in [0.25, 0.3) is 5.69 Å². The number of hydrogen-bond acceptors (Lipinski definition) is 8. The third kappa shape index (κ3) is 6.77. The molecule has 260 valence electrons. The van der Waals surface area contributed by atoms with Gasteiger partial charge in [0.1, 0.15) is 17.3 Å². The van der Waals surface area contributed by atoms with Gasteiger partial charge >= 0.3 is 13.1 Å². The van der Waals surface area contributed by atoms with Crippen molar-refractivity contribution in [1.82, 2.24) is 19.9 Å². The molecule has 50 heavy (non-hydrogen) atoms. The highest BCUT2D eigenvalue weighted by Crippen LogP contribution is 2.38. The zero-order valence-corrected chi connectivity index (χ0v) is 29.7. The molecule has 0 radical (unpaired) electrons. The molecule has 2 aliphatic heterocycles. The number of hydrogen-bond donors (Lipinski definition) is 1. The molecule has 2 amide bonds. The fourth-order valence-corrected chi connectivity index (χ4v) is 6.09. The van der Waals surface area contributed by atoms with Gasteiger partial charge in [0.25, 0.3) is 11.8 Å². The van der Waals surface area contributed by atoms with E-state index < -0.39 is 53.6 Å². The topological polar surface area (TPSA) is 125 Å². The summed E-state index contributed by atoms with van der Waals surface area (Å²) in [6.07, 6.45) is 1.70. The molecule has 2 aliphatic rings. The Morgan fingerprint density at radius 2 is 1.66 bits per heavy atom. The molecule has 14 heteroatoms. The van der Waals surface area contributed by atoms with Crippen LogP contribution in [0.15, 0.2) is 66.9 Å². The number of halogens is 2. The van der Waals surface area contributed by atoms with Crippen LogP contribution >= 0.6 is 11.6 Å². The molecule has 0 aliphatic carbocycles. The third-order valence-corrected chi connectivity index (χ3v) is 9.44. The molecule has 11 nitrogen and oxygen atoms in total. The van der Waals surface area contributed by atoms with E-state index in [0.29, 0.717) is 23.2 Å². The van der Waals surface area contributed by atoms with Gasteiger partial charge in [-0.1, -0.05) is 41.1 Å². The van der Waals surface area contributed by atoms with Crippen molar-refractivity contribution in [3.63, 3.8) is 0 Å². The molecule has 1 atom stereocenters. The van der Waals surface area contributed by atoms with Gasteiger partial charge in [-0.05, 0) is 108 Å². The standard InChI is InChI=1S/C36H38BClFN5O6/c1-34(2,3)48-33(47)21-14-16-22(17-15-21)40-31(45)30-24-10-8-11-25(37-49-35(4,5)36(6,7)50-37)23(24)18-19-43(30)32(46)27-20-44(42-41-27)28-13-9-12-26(38)29(28)39/h8-17,20,30H,18-19H2,1-7H3,(H,40,45). The average molecular weight is 702 g/mol. The van der Waals surface area contributed by atoms with Crippen LogP contribution in [-0.2, 0) is 25.3 Å². The van der Waals surface area contributed by atoms with Gasteiger partial charge in [-0.15, -0.1) is 5.10 Å². The van der Waals surface area contributed by atoms with Crippen LogP contribution in [0, 0.1) is 5.82 Å². The quantitative estimate of drug-likeness (QED) is 0.201. The Balaban J connectivity index is 1.34. The predicted molar refractivity (Wildman–Crippen MR) is 186 cm³/mol. The maximum absolute atomic E-state index is 14.8. The number of amides is 2. The second-order valence-corrected chi connectivity index (χ2v) is 14.8. The number of carbonyl (C=O) groups is 3. The van der Waals surface area contributed by atoms with Crippen LogP contribution in [-0.4, -0.2) is 68.1 Å². The molecule has 1 aromatic heterocycles. The second kappa shape index (κ2) is 12.9. The maximum Gasteiger partial charge on any atom is 0.495 e. The molecule has 3 heterocycles. The molecule has 1 unspecified atom stereocenters. The van der Waals surface area contributed by atoms with E-state index in [1.807, 2.05) is 33.8 Å². The minimum Gasteiger partial charge on any atom is -0.456 e. The summed E-state index contributed by atoms with van der Waals surface area (Å²) >= 11 is 5.97. The number of aromatic nitrogens is 3. The summed E-state index contributed by atoms with van der Waals surface area (Å²) in [6, 6.07) is 15.2. The largest absolute Gasteiger partial charge is 0.495 e. The summed E-state index contributed by atoms with van der Waals surface area (Å²) in [5, 5.41) is 10.8. The summed E-state index contributed by atoms with van der Waals surface area (Å²) in [5.74, 6) is -2.28. The number of ether oxygens (including phenoxy) is 1. The molecule has 0 spiro atoms. The number of carbonyl (C=O) groups excluding carboxylic acids is 3.